The number of nitrogens with two attached hydrogens (primary N) is 1. The smallest absolute Gasteiger partial charge is 0.0898 e. The standard InChI is InChI=1S/C10H19N3OS/c1-7(4-5-14-3)10(13-11)9-6-15-8(2)12-9/h6-7,10,13H,4-5,11H2,1-3H3. The summed E-state index contributed by atoms with van der Waals surface area (Å²) in [6.45, 7) is 4.91. The fourth-order valence-corrected chi connectivity index (χ4v) is 2.18. The van der Waals surface area contributed by atoms with Crippen molar-refractivity contribution in [2.75, 3.05) is 13.7 Å². The molecule has 0 aliphatic carbocycles. The third kappa shape index (κ3) is 3.53. The van der Waals surface area contributed by atoms with Crippen LogP contribution >= 0.6 is 11.3 Å². The third-order valence-corrected chi connectivity index (χ3v) is 3.27. The molecular formula is C10H19N3OS. The highest BCUT2D eigenvalue weighted by molar-refractivity contribution is 7.09. The van der Waals surface area contributed by atoms with Gasteiger partial charge in [0.15, 0.2) is 0 Å². The molecule has 86 valence electrons. The van der Waals surface area contributed by atoms with Crippen molar-refractivity contribution in [1.82, 2.24) is 10.4 Å². The number of hydrogen-bond acceptors (Lipinski definition) is 5. The molecule has 5 heteroatoms. The van der Waals surface area contributed by atoms with Crippen LogP contribution in [0.2, 0.25) is 0 Å². The Kier molecular flexibility index (Phi) is 5.17. The van der Waals surface area contributed by atoms with Gasteiger partial charge in [0, 0.05) is 19.1 Å². The molecule has 0 saturated heterocycles. The summed E-state index contributed by atoms with van der Waals surface area (Å²) in [6, 6.07) is 0.116. The van der Waals surface area contributed by atoms with Gasteiger partial charge in [0.05, 0.1) is 16.7 Å². The number of methoxy groups -OCH3 is 1. The molecule has 0 aliphatic rings. The van der Waals surface area contributed by atoms with Crippen molar-refractivity contribution in [3.05, 3.63) is 16.1 Å². The number of aryl methyl sites for hydroxylation is 1. The Morgan fingerprint density at radius 3 is 2.87 bits per heavy atom. The minimum Gasteiger partial charge on any atom is -0.385 e. The van der Waals surface area contributed by atoms with E-state index in [9.17, 15) is 0 Å². The third-order valence-electron chi connectivity index (χ3n) is 2.48. The van der Waals surface area contributed by atoms with Crippen LogP contribution in [0.5, 0.6) is 0 Å². The highest BCUT2D eigenvalue weighted by atomic mass is 32.1. The minimum absolute atomic E-state index is 0.116. The molecule has 1 rings (SSSR count). The van der Waals surface area contributed by atoms with Gasteiger partial charge in [-0.15, -0.1) is 11.3 Å². The fraction of sp³-hybridized carbons (Fsp3) is 0.700. The van der Waals surface area contributed by atoms with Crippen LogP contribution in [0.1, 0.15) is 30.1 Å². The first-order chi connectivity index (χ1) is 7.19. The topological polar surface area (TPSA) is 60.2 Å². The monoisotopic (exact) mass is 229 g/mol. The van der Waals surface area contributed by atoms with Crippen molar-refractivity contribution in [1.29, 1.82) is 0 Å². The summed E-state index contributed by atoms with van der Waals surface area (Å²) in [5.41, 5.74) is 3.86. The lowest BCUT2D eigenvalue weighted by atomic mass is 9.97. The summed E-state index contributed by atoms with van der Waals surface area (Å²) in [6.07, 6.45) is 0.974. The Balaban J connectivity index is 2.62. The first-order valence-electron chi connectivity index (χ1n) is 5.06. The van der Waals surface area contributed by atoms with E-state index in [4.69, 9.17) is 10.6 Å². The largest absolute Gasteiger partial charge is 0.385 e. The summed E-state index contributed by atoms with van der Waals surface area (Å²) in [5, 5.41) is 3.13. The number of thiazole rings is 1. The number of rotatable bonds is 6. The molecule has 0 fully saturated rings. The molecule has 0 bridgehead atoms. The summed E-state index contributed by atoms with van der Waals surface area (Å²) in [7, 11) is 1.71. The quantitative estimate of drug-likeness (QED) is 0.575. The van der Waals surface area contributed by atoms with Gasteiger partial charge in [0.1, 0.15) is 0 Å². The predicted molar refractivity (Wildman–Crippen MR) is 62.6 cm³/mol. The van der Waals surface area contributed by atoms with Crippen LogP contribution in [-0.4, -0.2) is 18.7 Å². The van der Waals surface area contributed by atoms with E-state index in [1.54, 1.807) is 18.4 Å². The molecular weight excluding hydrogens is 210 g/mol. The molecule has 0 aromatic carbocycles. The van der Waals surface area contributed by atoms with Crippen LogP contribution < -0.4 is 11.3 Å². The average molecular weight is 229 g/mol. The number of nitrogens with zero attached hydrogens (tertiary/aromatic N) is 1. The summed E-state index contributed by atoms with van der Waals surface area (Å²) < 4.78 is 5.06. The van der Waals surface area contributed by atoms with Crippen molar-refractivity contribution in [2.45, 2.75) is 26.3 Å². The van der Waals surface area contributed by atoms with Gasteiger partial charge in [0.2, 0.25) is 0 Å². The Hall–Kier alpha value is -0.490. The van der Waals surface area contributed by atoms with Gasteiger partial charge in [0.25, 0.3) is 0 Å². The zero-order chi connectivity index (χ0) is 11.3. The van der Waals surface area contributed by atoms with Crippen LogP contribution in [-0.2, 0) is 4.74 Å². The fourth-order valence-electron chi connectivity index (χ4n) is 1.53. The molecule has 15 heavy (non-hydrogen) atoms. The van der Waals surface area contributed by atoms with Gasteiger partial charge in [-0.25, -0.2) is 4.98 Å². The zero-order valence-corrected chi connectivity index (χ0v) is 10.3. The van der Waals surface area contributed by atoms with Crippen LogP contribution in [0.15, 0.2) is 5.38 Å². The Bertz CT molecular complexity index is 290. The van der Waals surface area contributed by atoms with Crippen molar-refractivity contribution in [3.8, 4) is 0 Å². The van der Waals surface area contributed by atoms with E-state index in [0.717, 1.165) is 23.7 Å². The molecule has 1 aromatic rings. The molecule has 0 amide bonds. The second-order valence-electron chi connectivity index (χ2n) is 3.69. The van der Waals surface area contributed by atoms with Crippen molar-refractivity contribution in [3.63, 3.8) is 0 Å². The van der Waals surface area contributed by atoms with Crippen molar-refractivity contribution >= 4 is 11.3 Å². The van der Waals surface area contributed by atoms with E-state index >= 15 is 0 Å². The first-order valence-corrected chi connectivity index (χ1v) is 5.94. The Morgan fingerprint density at radius 1 is 1.67 bits per heavy atom. The molecule has 1 heterocycles. The van der Waals surface area contributed by atoms with E-state index in [-0.39, 0.29) is 6.04 Å². The van der Waals surface area contributed by atoms with Crippen molar-refractivity contribution < 1.29 is 4.74 Å². The maximum Gasteiger partial charge on any atom is 0.0898 e. The van der Waals surface area contributed by atoms with E-state index in [1.807, 2.05) is 6.92 Å². The molecule has 0 spiro atoms. The molecule has 2 atom stereocenters. The van der Waals surface area contributed by atoms with Crippen LogP contribution in [0.4, 0.5) is 0 Å². The van der Waals surface area contributed by atoms with Gasteiger partial charge >= 0.3 is 0 Å². The summed E-state index contributed by atoms with van der Waals surface area (Å²) in [5.74, 6) is 5.97. The number of nitrogens with one attached hydrogen (secondary N) is 1. The average Bonchev–Trinajstić information content (AvgIpc) is 2.63. The zero-order valence-electron chi connectivity index (χ0n) is 9.49. The molecule has 2 unspecified atom stereocenters. The summed E-state index contributed by atoms with van der Waals surface area (Å²) in [4.78, 5) is 4.45. The van der Waals surface area contributed by atoms with Gasteiger partial charge < -0.3 is 4.74 Å². The Labute approximate surface area is 94.8 Å². The van der Waals surface area contributed by atoms with E-state index in [1.165, 1.54) is 0 Å². The highest BCUT2D eigenvalue weighted by Crippen LogP contribution is 2.24. The first kappa shape index (κ1) is 12.6. The van der Waals surface area contributed by atoms with Gasteiger partial charge in [-0.2, -0.15) is 0 Å². The van der Waals surface area contributed by atoms with E-state index in [2.05, 4.69) is 22.7 Å². The lowest BCUT2D eigenvalue weighted by Gasteiger charge is -2.21. The number of ether oxygens (including phenoxy) is 1. The minimum atomic E-state index is 0.116. The summed E-state index contributed by atoms with van der Waals surface area (Å²) >= 11 is 1.65. The van der Waals surface area contributed by atoms with Crippen molar-refractivity contribution in [2.24, 2.45) is 11.8 Å². The van der Waals surface area contributed by atoms with Crippen LogP contribution in [0.25, 0.3) is 0 Å². The van der Waals surface area contributed by atoms with Gasteiger partial charge in [-0.05, 0) is 19.3 Å². The lowest BCUT2D eigenvalue weighted by Crippen LogP contribution is -2.33. The number of hydrogen-bond donors (Lipinski definition) is 2. The molecule has 0 aliphatic heterocycles. The van der Waals surface area contributed by atoms with E-state index < -0.39 is 0 Å². The van der Waals surface area contributed by atoms with Gasteiger partial charge in [-0.1, -0.05) is 6.92 Å². The number of hydrazine groups is 1. The molecule has 0 radical (unpaired) electrons. The second-order valence-corrected chi connectivity index (χ2v) is 4.76. The normalized spacial score (nSPS) is 15.2. The predicted octanol–water partition coefficient (Wildman–Crippen LogP) is 1.63. The molecule has 0 saturated carbocycles. The second kappa shape index (κ2) is 6.17. The molecule has 1 aromatic heterocycles. The molecule has 4 nitrogen and oxygen atoms in total. The Morgan fingerprint density at radius 2 is 2.40 bits per heavy atom. The van der Waals surface area contributed by atoms with Crippen LogP contribution in [0.3, 0.4) is 0 Å². The van der Waals surface area contributed by atoms with Crippen LogP contribution in [0, 0.1) is 12.8 Å². The SMILES string of the molecule is COCCC(C)C(NN)c1csc(C)n1. The highest BCUT2D eigenvalue weighted by Gasteiger charge is 2.19. The maximum atomic E-state index is 5.56. The lowest BCUT2D eigenvalue weighted by molar-refractivity contribution is 0.170. The van der Waals surface area contributed by atoms with Gasteiger partial charge in [-0.3, -0.25) is 11.3 Å². The number of aromatic nitrogens is 1. The molecule has 3 N–H and O–H groups in total. The maximum absolute atomic E-state index is 5.56. The van der Waals surface area contributed by atoms with E-state index in [0.29, 0.717) is 5.92 Å².